The summed E-state index contributed by atoms with van der Waals surface area (Å²) < 4.78 is 0. The van der Waals surface area contributed by atoms with Gasteiger partial charge in [0.2, 0.25) is 0 Å². The summed E-state index contributed by atoms with van der Waals surface area (Å²) in [4.78, 5) is 4.11. The smallest absolute Gasteiger partial charge is 1.00 e. The Balaban J connectivity index is -0.000000360. The van der Waals surface area contributed by atoms with Gasteiger partial charge in [0.05, 0.1) is 5.52 Å². The zero-order chi connectivity index (χ0) is 7.68. The van der Waals surface area contributed by atoms with E-state index in [1.54, 1.807) is 24.4 Å². The first kappa shape index (κ1) is 20.4. The summed E-state index contributed by atoms with van der Waals surface area (Å²) in [6, 6.07) is 8.90. The first-order chi connectivity index (χ1) is 5.36. The number of benzene rings is 1. The van der Waals surface area contributed by atoms with Gasteiger partial charge in [0, 0.05) is 11.6 Å². The molecule has 0 amide bonds. The number of pyridine rings is 1. The van der Waals surface area contributed by atoms with Crippen molar-refractivity contribution in [2.45, 2.75) is 0 Å². The maximum Gasteiger partial charge on any atom is 3.00 e. The second-order valence-corrected chi connectivity index (χ2v) is 2.38. The molecule has 0 unspecified atom stereocenters. The molecule has 1 aromatic carbocycles. The van der Waals surface area contributed by atoms with Crippen LogP contribution in [0.5, 0.6) is 5.75 Å². The van der Waals surface area contributed by atoms with Crippen LogP contribution in [-0.2, 0) is 21.7 Å². The van der Waals surface area contributed by atoms with E-state index in [9.17, 15) is 0 Å². The molecule has 0 saturated heterocycles. The van der Waals surface area contributed by atoms with Crippen molar-refractivity contribution in [3.8, 4) is 5.75 Å². The van der Waals surface area contributed by atoms with Crippen LogP contribution in [0.15, 0.2) is 36.5 Å². The SMILES string of the molecule is Oc1ccc2ncccc2c1.[Cl-].[Cl-].[Cl-].[Ti+3]. The fraction of sp³-hybridized carbons (Fsp3) is 0. The molecule has 15 heavy (non-hydrogen) atoms. The fourth-order valence-corrected chi connectivity index (χ4v) is 1.06. The van der Waals surface area contributed by atoms with Gasteiger partial charge in [-0.05, 0) is 24.3 Å². The number of phenolic OH excluding ortho intramolecular Hbond substituents is 1. The normalized spacial score (nSPS) is 7.47. The van der Waals surface area contributed by atoms with Gasteiger partial charge in [-0.25, -0.2) is 0 Å². The molecule has 1 N–H and O–H groups in total. The molecule has 0 spiro atoms. The monoisotopic (exact) mass is 298 g/mol. The van der Waals surface area contributed by atoms with Crippen LogP contribution in [0, 0.1) is 0 Å². The molecule has 0 saturated carbocycles. The summed E-state index contributed by atoms with van der Waals surface area (Å²) in [5.74, 6) is 0.283. The number of halogens is 3. The Morgan fingerprint density at radius 1 is 1.00 bits per heavy atom. The molecule has 0 fully saturated rings. The van der Waals surface area contributed by atoms with Crippen LogP contribution in [0.1, 0.15) is 0 Å². The van der Waals surface area contributed by atoms with Crippen molar-refractivity contribution in [2.24, 2.45) is 0 Å². The van der Waals surface area contributed by atoms with E-state index in [1.165, 1.54) is 0 Å². The quantitative estimate of drug-likeness (QED) is 0.491. The molecule has 0 atom stereocenters. The fourth-order valence-electron chi connectivity index (χ4n) is 1.06. The number of aromatic hydroxyl groups is 1. The maximum absolute atomic E-state index is 9.10. The molecule has 1 heterocycles. The van der Waals surface area contributed by atoms with Gasteiger partial charge < -0.3 is 42.3 Å². The predicted octanol–water partition coefficient (Wildman–Crippen LogP) is -7.05. The summed E-state index contributed by atoms with van der Waals surface area (Å²) >= 11 is 0. The molecular formula is C9H7Cl3NOTi. The van der Waals surface area contributed by atoms with Gasteiger partial charge in [-0.3, -0.25) is 4.98 Å². The molecule has 6 heteroatoms. The van der Waals surface area contributed by atoms with Gasteiger partial charge in [0.15, 0.2) is 0 Å². The van der Waals surface area contributed by atoms with Crippen LogP contribution < -0.4 is 37.2 Å². The molecular weight excluding hydrogens is 292 g/mol. The Labute approximate surface area is 122 Å². The van der Waals surface area contributed by atoms with E-state index in [0.717, 1.165) is 10.9 Å². The van der Waals surface area contributed by atoms with Gasteiger partial charge in [-0.1, -0.05) is 6.07 Å². The number of phenols is 1. The summed E-state index contributed by atoms with van der Waals surface area (Å²) in [5, 5.41) is 10.1. The van der Waals surface area contributed by atoms with Crippen molar-refractivity contribution >= 4 is 10.9 Å². The average molecular weight is 299 g/mol. The number of hydrogen-bond donors (Lipinski definition) is 1. The van der Waals surface area contributed by atoms with E-state index in [-0.39, 0.29) is 64.7 Å². The third-order valence-corrected chi connectivity index (χ3v) is 1.59. The van der Waals surface area contributed by atoms with Crippen molar-refractivity contribution in [1.29, 1.82) is 0 Å². The Bertz CT molecular complexity index is 400. The minimum absolute atomic E-state index is 0. The van der Waals surface area contributed by atoms with E-state index in [1.807, 2.05) is 12.1 Å². The standard InChI is InChI=1S/C9H7NO.3ClH.Ti/c11-8-3-4-9-7(6-8)2-1-5-10-9;;;;/h1-6,11H;3*1H;/q;;;;+3/p-3. The Hall–Kier alpha value is 0.0143. The molecule has 79 valence electrons. The summed E-state index contributed by atoms with van der Waals surface area (Å²) in [6.07, 6.45) is 1.74. The molecule has 0 aliphatic rings. The zero-order valence-corrected chi connectivity index (χ0v) is 11.3. The molecule has 0 aliphatic carbocycles. The molecule has 0 bridgehead atoms. The minimum Gasteiger partial charge on any atom is -1.00 e. The van der Waals surface area contributed by atoms with Crippen LogP contribution >= 0.6 is 0 Å². The number of fused-ring (bicyclic) bond motifs is 1. The summed E-state index contributed by atoms with van der Waals surface area (Å²) in [7, 11) is 0. The van der Waals surface area contributed by atoms with Crippen LogP contribution in [0.4, 0.5) is 0 Å². The topological polar surface area (TPSA) is 33.1 Å². The van der Waals surface area contributed by atoms with Gasteiger partial charge >= 0.3 is 21.7 Å². The van der Waals surface area contributed by atoms with Crippen molar-refractivity contribution in [3.63, 3.8) is 0 Å². The zero-order valence-electron chi connectivity index (χ0n) is 7.49. The molecule has 2 nitrogen and oxygen atoms in total. The van der Waals surface area contributed by atoms with Crippen LogP contribution in [-0.4, -0.2) is 10.1 Å². The first-order valence-electron chi connectivity index (χ1n) is 3.40. The van der Waals surface area contributed by atoms with Crippen molar-refractivity contribution in [2.75, 3.05) is 0 Å². The minimum atomic E-state index is 0. The third-order valence-electron chi connectivity index (χ3n) is 1.59. The van der Waals surface area contributed by atoms with Gasteiger partial charge in [-0.2, -0.15) is 0 Å². The average Bonchev–Trinajstić information content (AvgIpc) is 2.04. The Morgan fingerprint density at radius 3 is 2.33 bits per heavy atom. The Kier molecular flexibility index (Phi) is 12.6. The van der Waals surface area contributed by atoms with Crippen molar-refractivity contribution < 1.29 is 64.0 Å². The van der Waals surface area contributed by atoms with E-state index in [0.29, 0.717) is 0 Å². The second kappa shape index (κ2) is 9.26. The maximum atomic E-state index is 9.10. The van der Waals surface area contributed by atoms with E-state index in [2.05, 4.69) is 4.98 Å². The number of rotatable bonds is 0. The van der Waals surface area contributed by atoms with Crippen LogP contribution in [0.25, 0.3) is 10.9 Å². The second-order valence-electron chi connectivity index (χ2n) is 2.38. The van der Waals surface area contributed by atoms with E-state index < -0.39 is 0 Å². The van der Waals surface area contributed by atoms with Crippen molar-refractivity contribution in [3.05, 3.63) is 36.5 Å². The molecule has 0 aliphatic heterocycles. The Morgan fingerprint density at radius 2 is 1.67 bits per heavy atom. The molecule has 2 rings (SSSR count). The summed E-state index contributed by atoms with van der Waals surface area (Å²) in [6.45, 7) is 0. The number of hydrogen-bond acceptors (Lipinski definition) is 2. The largest absolute Gasteiger partial charge is 3.00 e. The van der Waals surface area contributed by atoms with Crippen molar-refractivity contribution in [1.82, 2.24) is 4.98 Å². The predicted molar refractivity (Wildman–Crippen MR) is 43.4 cm³/mol. The third kappa shape index (κ3) is 5.05. The van der Waals surface area contributed by atoms with Gasteiger partial charge in [0.25, 0.3) is 0 Å². The first-order valence-corrected chi connectivity index (χ1v) is 3.40. The number of nitrogens with zero attached hydrogens (tertiary/aromatic N) is 1. The summed E-state index contributed by atoms with van der Waals surface area (Å²) in [5.41, 5.74) is 0.908. The molecule has 2 aromatic rings. The molecule has 1 aromatic heterocycles. The van der Waals surface area contributed by atoms with E-state index in [4.69, 9.17) is 5.11 Å². The number of aromatic nitrogens is 1. The van der Waals surface area contributed by atoms with Gasteiger partial charge in [-0.15, -0.1) is 0 Å². The van der Waals surface area contributed by atoms with Gasteiger partial charge in [0.1, 0.15) is 5.75 Å². The molecule has 1 radical (unpaired) electrons. The van der Waals surface area contributed by atoms with Crippen LogP contribution in [0.3, 0.4) is 0 Å². The van der Waals surface area contributed by atoms with E-state index >= 15 is 0 Å². The van der Waals surface area contributed by atoms with Crippen LogP contribution in [0.2, 0.25) is 0 Å².